The summed E-state index contributed by atoms with van der Waals surface area (Å²) in [6, 6.07) is 15.9. The van der Waals surface area contributed by atoms with Crippen LogP contribution in [0.3, 0.4) is 0 Å². The number of methoxy groups -OCH3 is 1. The molecule has 2 atom stereocenters. The lowest BCUT2D eigenvalue weighted by atomic mass is 10.0. The number of aryl methyl sites for hydroxylation is 1. The molecular formula is C20H23N3O2. The summed E-state index contributed by atoms with van der Waals surface area (Å²) in [6.45, 7) is 6.19. The molecule has 0 amide bonds. The molecule has 0 bridgehead atoms. The molecule has 5 nitrogen and oxygen atoms in total. The van der Waals surface area contributed by atoms with Crippen molar-refractivity contribution in [2.75, 3.05) is 7.11 Å². The fourth-order valence-electron chi connectivity index (χ4n) is 2.84. The topological polar surface area (TPSA) is 60.2 Å². The second-order valence-corrected chi connectivity index (χ2v) is 6.17. The van der Waals surface area contributed by atoms with Crippen LogP contribution in [0.5, 0.6) is 5.75 Å². The van der Waals surface area contributed by atoms with Gasteiger partial charge in [-0.15, -0.1) is 10.2 Å². The Labute approximate surface area is 148 Å². The first-order valence-electron chi connectivity index (χ1n) is 8.38. The van der Waals surface area contributed by atoms with Crippen molar-refractivity contribution in [3.63, 3.8) is 0 Å². The van der Waals surface area contributed by atoms with E-state index in [2.05, 4.69) is 35.4 Å². The maximum Gasteiger partial charge on any atom is 0.247 e. The lowest BCUT2D eigenvalue weighted by molar-refractivity contribution is 0.375. The number of nitrogens with zero attached hydrogens (tertiary/aromatic N) is 2. The fraction of sp³-hybridized carbons (Fsp3) is 0.300. The minimum absolute atomic E-state index is 0.0785. The molecule has 1 N–H and O–H groups in total. The molecule has 25 heavy (non-hydrogen) atoms. The maximum atomic E-state index is 5.83. The second kappa shape index (κ2) is 7.49. The van der Waals surface area contributed by atoms with Gasteiger partial charge in [0, 0.05) is 17.2 Å². The van der Waals surface area contributed by atoms with Gasteiger partial charge in [0.15, 0.2) is 0 Å². The Morgan fingerprint density at radius 2 is 1.76 bits per heavy atom. The van der Waals surface area contributed by atoms with Crippen LogP contribution in [-0.2, 0) is 0 Å². The average Bonchev–Trinajstić information content (AvgIpc) is 3.12. The lowest BCUT2D eigenvalue weighted by Gasteiger charge is -2.20. The van der Waals surface area contributed by atoms with Crippen LogP contribution in [0.25, 0.3) is 11.5 Å². The van der Waals surface area contributed by atoms with Crippen molar-refractivity contribution in [2.45, 2.75) is 32.9 Å². The Balaban J connectivity index is 1.75. The minimum atomic E-state index is -0.0785. The number of benzene rings is 2. The largest absolute Gasteiger partial charge is 0.496 e. The number of ether oxygens (including phenoxy) is 1. The first kappa shape index (κ1) is 17.2. The highest BCUT2D eigenvalue weighted by Crippen LogP contribution is 2.28. The Morgan fingerprint density at radius 1 is 1.00 bits per heavy atom. The van der Waals surface area contributed by atoms with Gasteiger partial charge in [-0.3, -0.25) is 5.32 Å². The van der Waals surface area contributed by atoms with E-state index in [1.165, 1.54) is 5.56 Å². The van der Waals surface area contributed by atoms with Crippen molar-refractivity contribution in [1.82, 2.24) is 15.5 Å². The molecule has 0 saturated heterocycles. The highest BCUT2D eigenvalue weighted by atomic mass is 16.5. The van der Waals surface area contributed by atoms with Crippen molar-refractivity contribution >= 4 is 0 Å². The molecule has 0 radical (unpaired) electrons. The van der Waals surface area contributed by atoms with E-state index >= 15 is 0 Å². The van der Waals surface area contributed by atoms with Gasteiger partial charge < -0.3 is 9.15 Å². The molecule has 3 rings (SSSR count). The highest BCUT2D eigenvalue weighted by molar-refractivity contribution is 5.51. The van der Waals surface area contributed by atoms with Crippen LogP contribution >= 0.6 is 0 Å². The SMILES string of the molecule is COc1ccc(C)cc1[C@H](C)N[C@@H](C)c1nnc(-c2ccccc2)o1. The van der Waals surface area contributed by atoms with Crippen molar-refractivity contribution in [2.24, 2.45) is 0 Å². The molecule has 0 aliphatic rings. The lowest BCUT2D eigenvalue weighted by Crippen LogP contribution is -2.23. The fourth-order valence-corrected chi connectivity index (χ4v) is 2.84. The zero-order valence-electron chi connectivity index (χ0n) is 15.0. The molecule has 0 aliphatic heterocycles. The summed E-state index contributed by atoms with van der Waals surface area (Å²) in [7, 11) is 1.69. The van der Waals surface area contributed by atoms with Crippen molar-refractivity contribution in [3.05, 3.63) is 65.5 Å². The predicted octanol–water partition coefficient (Wildman–Crippen LogP) is 4.47. The predicted molar refractivity (Wildman–Crippen MR) is 97.4 cm³/mol. The maximum absolute atomic E-state index is 5.83. The first-order valence-corrected chi connectivity index (χ1v) is 8.38. The van der Waals surface area contributed by atoms with Crippen LogP contribution in [0, 0.1) is 6.92 Å². The third kappa shape index (κ3) is 3.88. The molecule has 3 aromatic rings. The minimum Gasteiger partial charge on any atom is -0.496 e. The van der Waals surface area contributed by atoms with Crippen LogP contribution in [-0.4, -0.2) is 17.3 Å². The van der Waals surface area contributed by atoms with E-state index in [0.717, 1.165) is 16.9 Å². The molecule has 5 heteroatoms. The number of hydrogen-bond acceptors (Lipinski definition) is 5. The van der Waals surface area contributed by atoms with Crippen molar-refractivity contribution in [1.29, 1.82) is 0 Å². The van der Waals surface area contributed by atoms with Crippen LogP contribution in [0.2, 0.25) is 0 Å². The molecule has 0 spiro atoms. The molecule has 2 aromatic carbocycles. The van der Waals surface area contributed by atoms with Crippen molar-refractivity contribution < 1.29 is 9.15 Å². The monoisotopic (exact) mass is 337 g/mol. The van der Waals surface area contributed by atoms with Crippen LogP contribution in [0.1, 0.15) is 42.9 Å². The summed E-state index contributed by atoms with van der Waals surface area (Å²) in [6.07, 6.45) is 0. The third-order valence-electron chi connectivity index (χ3n) is 4.18. The van der Waals surface area contributed by atoms with Gasteiger partial charge in [0.1, 0.15) is 5.75 Å². The van der Waals surface area contributed by atoms with Crippen molar-refractivity contribution in [3.8, 4) is 17.2 Å². The Morgan fingerprint density at radius 3 is 2.48 bits per heavy atom. The van der Waals surface area contributed by atoms with E-state index in [-0.39, 0.29) is 12.1 Å². The number of aromatic nitrogens is 2. The smallest absolute Gasteiger partial charge is 0.247 e. The molecule has 1 heterocycles. The quantitative estimate of drug-likeness (QED) is 0.719. The first-order chi connectivity index (χ1) is 12.1. The highest BCUT2D eigenvalue weighted by Gasteiger charge is 2.19. The van der Waals surface area contributed by atoms with Gasteiger partial charge in [0.2, 0.25) is 11.8 Å². The van der Waals surface area contributed by atoms with Gasteiger partial charge in [-0.1, -0.05) is 35.9 Å². The molecule has 1 aromatic heterocycles. The normalized spacial score (nSPS) is 13.4. The summed E-state index contributed by atoms with van der Waals surface area (Å²) in [5, 5.41) is 11.8. The van der Waals surface area contributed by atoms with Gasteiger partial charge >= 0.3 is 0 Å². The van der Waals surface area contributed by atoms with Crippen LogP contribution in [0.15, 0.2) is 52.9 Å². The number of rotatable bonds is 6. The molecule has 0 aliphatic carbocycles. The number of nitrogens with one attached hydrogen (secondary N) is 1. The standard InChI is InChI=1S/C20H23N3O2/c1-13-10-11-18(24-4)17(12-13)14(2)21-15(3)19-22-23-20(25-19)16-8-6-5-7-9-16/h5-12,14-15,21H,1-4H3/t14-,15-/m0/s1. The summed E-state index contributed by atoms with van der Waals surface area (Å²) in [5.41, 5.74) is 3.22. The van der Waals surface area contributed by atoms with Gasteiger partial charge in [-0.05, 0) is 39.0 Å². The van der Waals surface area contributed by atoms with E-state index in [1.807, 2.05) is 49.4 Å². The molecule has 0 saturated carbocycles. The van der Waals surface area contributed by atoms with E-state index in [0.29, 0.717) is 11.8 Å². The summed E-state index contributed by atoms with van der Waals surface area (Å²) in [5.74, 6) is 1.97. The molecule has 0 unspecified atom stereocenters. The Bertz CT molecular complexity index is 830. The summed E-state index contributed by atoms with van der Waals surface area (Å²) < 4.78 is 11.3. The molecular weight excluding hydrogens is 314 g/mol. The van der Waals surface area contributed by atoms with Gasteiger partial charge in [0.05, 0.1) is 13.2 Å². The van der Waals surface area contributed by atoms with Gasteiger partial charge in [0.25, 0.3) is 0 Å². The zero-order chi connectivity index (χ0) is 17.8. The summed E-state index contributed by atoms with van der Waals surface area (Å²) >= 11 is 0. The third-order valence-corrected chi connectivity index (χ3v) is 4.18. The molecule has 0 fully saturated rings. The van der Waals surface area contributed by atoms with Gasteiger partial charge in [-0.2, -0.15) is 0 Å². The van der Waals surface area contributed by atoms with E-state index in [9.17, 15) is 0 Å². The zero-order valence-corrected chi connectivity index (χ0v) is 15.0. The van der Waals surface area contributed by atoms with E-state index < -0.39 is 0 Å². The van der Waals surface area contributed by atoms with E-state index in [1.54, 1.807) is 7.11 Å². The number of hydrogen-bond donors (Lipinski definition) is 1. The van der Waals surface area contributed by atoms with Crippen LogP contribution < -0.4 is 10.1 Å². The van der Waals surface area contributed by atoms with Gasteiger partial charge in [-0.25, -0.2) is 0 Å². The second-order valence-electron chi connectivity index (χ2n) is 6.17. The Hall–Kier alpha value is -2.66. The van der Waals surface area contributed by atoms with Crippen LogP contribution in [0.4, 0.5) is 0 Å². The molecule has 130 valence electrons. The summed E-state index contributed by atoms with van der Waals surface area (Å²) in [4.78, 5) is 0. The Kier molecular flexibility index (Phi) is 5.14. The van der Waals surface area contributed by atoms with E-state index in [4.69, 9.17) is 9.15 Å². The average molecular weight is 337 g/mol.